The Bertz CT molecular complexity index is 1430. The molecule has 0 rings (SSSR count). The molecule has 0 aliphatic carbocycles. The van der Waals surface area contributed by atoms with Gasteiger partial charge in [-0.05, 0) is 83.5 Å². The third-order valence-corrected chi connectivity index (χ3v) is 9.91. The number of ether oxygens (including phenoxy) is 2. The molecule has 0 aliphatic heterocycles. The van der Waals surface area contributed by atoms with Crippen LogP contribution in [-0.2, 0) is 41.8 Å². The van der Waals surface area contributed by atoms with Crippen molar-refractivity contribution in [1.82, 2.24) is 0 Å². The molecule has 0 aliphatic rings. The van der Waals surface area contributed by atoms with Gasteiger partial charge < -0.3 is 39.5 Å². The number of hydrogen-bond donors (Lipinski definition) is 6. The molecule has 0 radical (unpaired) electrons. The third kappa shape index (κ3) is 41.0. The van der Waals surface area contributed by atoms with Gasteiger partial charge in [-0.2, -0.15) is 0 Å². The van der Waals surface area contributed by atoms with Gasteiger partial charge >= 0.3 is 27.6 Å². The van der Waals surface area contributed by atoms with Crippen LogP contribution in [0.15, 0.2) is 85.1 Å². The molecule has 61 heavy (non-hydrogen) atoms. The van der Waals surface area contributed by atoms with Gasteiger partial charge in [0.05, 0.1) is 32.0 Å². The number of phosphoric ester groups is 2. The minimum atomic E-state index is -4.90. The number of hydrogen-bond acceptors (Lipinski definition) is 12. The summed E-state index contributed by atoms with van der Waals surface area (Å²) in [4.78, 5) is 52.7. The summed E-state index contributed by atoms with van der Waals surface area (Å²) in [5.74, 6) is -1.35. The van der Waals surface area contributed by atoms with Crippen molar-refractivity contribution in [2.45, 2.75) is 154 Å². The average molecular weight is 905 g/mol. The standard InChI is InChI=1S/C44H74O15P2/c1-3-5-7-9-11-13-15-17-18-19-21-23-25-27-29-33-44(49)59-40(38-58-61(53,54)57-36-39(45)35-56-60(50,51)52)37-55-43(48)34-30-32-42(47)41(46)31-28-26-24-22-20-16-14-12-10-8-6-4-2/h5-8,11-14,17-18,20,22,26,28,39-42,45-47H,3-4,9-10,15-16,19,21,23-25,27,29-38H2,1-2H3,(H,53,54)(H2,50,51,52)/b7-5-,8-6-,13-11-,14-12-,18-17-,22-20-,28-26-/t39-,40+,41-,42-/m0/s1. The number of carbonyl (C=O) groups excluding carboxylic acids is 2. The Morgan fingerprint density at radius 1 is 0.525 bits per heavy atom. The lowest BCUT2D eigenvalue weighted by Gasteiger charge is -2.20. The van der Waals surface area contributed by atoms with Crippen molar-refractivity contribution in [2.24, 2.45) is 0 Å². The SMILES string of the molecule is CC/C=C\C/C=C\C/C=C\C/C=C\C[C@H](O)[C@@H](O)CCCC(=O)OC[C@H](COP(=O)(O)OC[C@@H](O)COP(=O)(O)O)OC(=O)CCCCCCC/C=C\C/C=C\C/C=C\CC. The van der Waals surface area contributed by atoms with Crippen molar-refractivity contribution in [3.05, 3.63) is 85.1 Å². The fourth-order valence-corrected chi connectivity index (χ4v) is 6.31. The Kier molecular flexibility index (Phi) is 37.1. The van der Waals surface area contributed by atoms with E-state index in [1.807, 2.05) is 12.2 Å². The molecule has 1 unspecified atom stereocenters. The lowest BCUT2D eigenvalue weighted by atomic mass is 10.0. The highest BCUT2D eigenvalue weighted by atomic mass is 31.2. The van der Waals surface area contributed by atoms with Crippen LogP contribution in [0.5, 0.6) is 0 Å². The van der Waals surface area contributed by atoms with Gasteiger partial charge in [0.1, 0.15) is 12.7 Å². The van der Waals surface area contributed by atoms with Gasteiger partial charge in [-0.1, -0.05) is 118 Å². The van der Waals surface area contributed by atoms with Crippen LogP contribution in [0.25, 0.3) is 0 Å². The first kappa shape index (κ1) is 58.2. The number of aliphatic hydroxyl groups excluding tert-OH is 3. The summed E-state index contributed by atoms with van der Waals surface area (Å²) in [6, 6.07) is 0. The van der Waals surface area contributed by atoms with E-state index < -0.39 is 78.4 Å². The zero-order valence-electron chi connectivity index (χ0n) is 36.2. The zero-order chi connectivity index (χ0) is 45.5. The smallest absolute Gasteiger partial charge is 0.462 e. The van der Waals surface area contributed by atoms with Crippen LogP contribution in [0.1, 0.15) is 129 Å². The van der Waals surface area contributed by atoms with Crippen LogP contribution in [0.4, 0.5) is 0 Å². The molecule has 0 aromatic rings. The number of aliphatic hydroxyl groups is 3. The Labute approximate surface area is 363 Å². The lowest BCUT2D eigenvalue weighted by molar-refractivity contribution is -0.161. The predicted molar refractivity (Wildman–Crippen MR) is 237 cm³/mol. The predicted octanol–water partition coefficient (Wildman–Crippen LogP) is 8.72. The molecule has 0 amide bonds. The minimum Gasteiger partial charge on any atom is -0.462 e. The first-order valence-electron chi connectivity index (χ1n) is 21.4. The number of rotatable bonds is 39. The van der Waals surface area contributed by atoms with E-state index in [-0.39, 0.29) is 32.1 Å². The normalized spacial score (nSPS) is 15.9. The van der Waals surface area contributed by atoms with Crippen LogP contribution >= 0.6 is 15.6 Å². The van der Waals surface area contributed by atoms with E-state index in [2.05, 4.69) is 89.7 Å². The van der Waals surface area contributed by atoms with E-state index in [0.717, 1.165) is 70.6 Å². The second-order valence-corrected chi connectivity index (χ2v) is 16.9. The summed E-state index contributed by atoms with van der Waals surface area (Å²) >= 11 is 0. The van der Waals surface area contributed by atoms with Crippen molar-refractivity contribution < 1.29 is 71.8 Å². The summed E-state index contributed by atoms with van der Waals surface area (Å²) in [5.41, 5.74) is 0. The number of unbranched alkanes of at least 4 members (excludes halogenated alkanes) is 5. The number of carbonyl (C=O) groups is 2. The van der Waals surface area contributed by atoms with Crippen LogP contribution in [0, 0.1) is 0 Å². The molecule has 5 atom stereocenters. The molecule has 0 aromatic heterocycles. The minimum absolute atomic E-state index is 0.0459. The maximum atomic E-state index is 12.7. The Morgan fingerprint density at radius 3 is 1.57 bits per heavy atom. The highest BCUT2D eigenvalue weighted by Crippen LogP contribution is 2.43. The van der Waals surface area contributed by atoms with Crippen molar-refractivity contribution >= 4 is 27.6 Å². The quantitative estimate of drug-likeness (QED) is 0.0146. The molecule has 15 nitrogen and oxygen atoms in total. The second kappa shape index (κ2) is 38.9. The van der Waals surface area contributed by atoms with Gasteiger partial charge in [-0.3, -0.25) is 23.2 Å². The van der Waals surface area contributed by atoms with E-state index in [9.17, 15) is 38.9 Å². The zero-order valence-corrected chi connectivity index (χ0v) is 38.0. The fourth-order valence-electron chi connectivity index (χ4n) is 5.15. The third-order valence-electron chi connectivity index (χ3n) is 8.47. The first-order valence-corrected chi connectivity index (χ1v) is 24.5. The summed E-state index contributed by atoms with van der Waals surface area (Å²) in [5, 5.41) is 30.4. The first-order chi connectivity index (χ1) is 29.2. The molecular weight excluding hydrogens is 830 g/mol. The fraction of sp³-hybridized carbons (Fsp3) is 0.636. The van der Waals surface area contributed by atoms with Crippen molar-refractivity contribution in [3.8, 4) is 0 Å². The molecule has 0 aromatic carbocycles. The molecule has 0 fully saturated rings. The topological polar surface area (TPSA) is 236 Å². The molecule has 350 valence electrons. The molecule has 17 heteroatoms. The van der Waals surface area contributed by atoms with Crippen molar-refractivity contribution in [2.75, 3.05) is 26.4 Å². The van der Waals surface area contributed by atoms with E-state index in [1.54, 1.807) is 6.08 Å². The van der Waals surface area contributed by atoms with Gasteiger partial charge in [0.2, 0.25) is 0 Å². The second-order valence-electron chi connectivity index (χ2n) is 14.2. The van der Waals surface area contributed by atoms with E-state index in [1.165, 1.54) is 0 Å². The van der Waals surface area contributed by atoms with E-state index in [0.29, 0.717) is 12.8 Å². The number of allylic oxidation sites excluding steroid dienone is 13. The van der Waals surface area contributed by atoms with E-state index in [4.69, 9.17) is 23.8 Å². The van der Waals surface area contributed by atoms with Gasteiger partial charge in [-0.15, -0.1) is 0 Å². The van der Waals surface area contributed by atoms with Crippen LogP contribution in [0.2, 0.25) is 0 Å². The number of esters is 2. The molecule has 0 saturated carbocycles. The summed E-state index contributed by atoms with van der Waals surface area (Å²) < 4.78 is 47.5. The van der Waals surface area contributed by atoms with Crippen LogP contribution < -0.4 is 0 Å². The van der Waals surface area contributed by atoms with Crippen LogP contribution in [0.3, 0.4) is 0 Å². The molecular formula is C44H74O15P2. The molecule has 0 saturated heterocycles. The Balaban J connectivity index is 4.80. The Morgan fingerprint density at radius 2 is 1.00 bits per heavy atom. The van der Waals surface area contributed by atoms with Crippen molar-refractivity contribution in [3.63, 3.8) is 0 Å². The monoisotopic (exact) mass is 904 g/mol. The molecule has 0 spiro atoms. The summed E-state index contributed by atoms with van der Waals surface area (Å²) in [6.07, 6.45) is 36.1. The maximum absolute atomic E-state index is 12.7. The number of phosphoric acid groups is 2. The van der Waals surface area contributed by atoms with Crippen molar-refractivity contribution in [1.29, 1.82) is 0 Å². The largest absolute Gasteiger partial charge is 0.472 e. The van der Waals surface area contributed by atoms with Gasteiger partial charge in [0, 0.05) is 12.8 Å². The maximum Gasteiger partial charge on any atom is 0.472 e. The average Bonchev–Trinajstić information content (AvgIpc) is 3.21. The molecule has 6 N–H and O–H groups in total. The highest BCUT2D eigenvalue weighted by Gasteiger charge is 2.28. The summed E-state index contributed by atoms with van der Waals surface area (Å²) in [6.45, 7) is 1.16. The molecule has 0 heterocycles. The van der Waals surface area contributed by atoms with Crippen LogP contribution in [-0.4, -0.2) is 92.8 Å². The summed E-state index contributed by atoms with van der Waals surface area (Å²) in [7, 11) is -9.79. The lowest BCUT2D eigenvalue weighted by Crippen LogP contribution is -2.30. The van der Waals surface area contributed by atoms with Gasteiger partial charge in [0.25, 0.3) is 0 Å². The Hall–Kier alpha value is -2.78. The van der Waals surface area contributed by atoms with Gasteiger partial charge in [-0.25, -0.2) is 9.13 Å². The van der Waals surface area contributed by atoms with E-state index >= 15 is 0 Å². The molecule has 0 bridgehead atoms. The highest BCUT2D eigenvalue weighted by molar-refractivity contribution is 7.47. The van der Waals surface area contributed by atoms with Gasteiger partial charge in [0.15, 0.2) is 6.10 Å².